The highest BCUT2D eigenvalue weighted by atomic mass is 32.2. The highest BCUT2D eigenvalue weighted by Crippen LogP contribution is 2.08. The van der Waals surface area contributed by atoms with Gasteiger partial charge in [-0.05, 0) is 12.1 Å². The van der Waals surface area contributed by atoms with E-state index < -0.39 is 0 Å². The number of rotatable bonds is 4. The van der Waals surface area contributed by atoms with Crippen molar-refractivity contribution in [3.8, 4) is 0 Å². The minimum absolute atomic E-state index is 0.120. The Bertz CT molecular complexity index is 609. The molecule has 2 aromatic heterocycles. The molecule has 2 aromatic rings. The highest BCUT2D eigenvalue weighted by Gasteiger charge is 2.02. The van der Waals surface area contributed by atoms with E-state index >= 15 is 0 Å². The lowest BCUT2D eigenvalue weighted by molar-refractivity contribution is -0.115. The van der Waals surface area contributed by atoms with Gasteiger partial charge in [-0.15, -0.1) is 11.8 Å². The van der Waals surface area contributed by atoms with Crippen molar-refractivity contribution < 1.29 is 4.79 Å². The zero-order chi connectivity index (χ0) is 12.3. The third-order valence-electron chi connectivity index (χ3n) is 2.12. The number of nitrogens with zero attached hydrogens (tertiary/aromatic N) is 2. The topological polar surface area (TPSA) is 77.5 Å². The van der Waals surface area contributed by atoms with E-state index in [1.165, 1.54) is 22.2 Å². The molecule has 0 saturated carbocycles. The largest absolute Gasteiger partial charge is 0.369 e. The van der Waals surface area contributed by atoms with Crippen LogP contribution in [0.25, 0.3) is 5.65 Å². The van der Waals surface area contributed by atoms with Gasteiger partial charge >= 0.3 is 0 Å². The molecule has 17 heavy (non-hydrogen) atoms. The first-order valence-electron chi connectivity index (χ1n) is 5.00. The van der Waals surface area contributed by atoms with Crippen molar-refractivity contribution >= 4 is 23.3 Å². The Labute approximate surface area is 102 Å². The van der Waals surface area contributed by atoms with Crippen molar-refractivity contribution in [1.29, 1.82) is 0 Å². The Kier molecular flexibility index (Phi) is 3.43. The summed E-state index contributed by atoms with van der Waals surface area (Å²) in [5, 5.41) is 0. The Morgan fingerprint density at radius 1 is 1.47 bits per heavy atom. The van der Waals surface area contributed by atoms with Crippen LogP contribution in [0.2, 0.25) is 0 Å². The van der Waals surface area contributed by atoms with E-state index in [1.807, 2.05) is 6.07 Å². The molecule has 0 aliphatic rings. The second kappa shape index (κ2) is 5.01. The number of aromatic nitrogens is 2. The predicted molar refractivity (Wildman–Crippen MR) is 66.8 cm³/mol. The van der Waals surface area contributed by atoms with E-state index in [2.05, 4.69) is 4.98 Å². The number of fused-ring (bicyclic) bond motifs is 1. The van der Waals surface area contributed by atoms with Gasteiger partial charge in [0.25, 0.3) is 5.56 Å². The molecule has 0 unspecified atom stereocenters. The van der Waals surface area contributed by atoms with E-state index in [0.29, 0.717) is 17.1 Å². The Morgan fingerprint density at radius 3 is 3.06 bits per heavy atom. The van der Waals surface area contributed by atoms with E-state index in [1.54, 1.807) is 18.3 Å². The molecule has 0 saturated heterocycles. The van der Waals surface area contributed by atoms with Crippen molar-refractivity contribution in [3.63, 3.8) is 0 Å². The van der Waals surface area contributed by atoms with Crippen molar-refractivity contribution in [2.75, 3.05) is 5.75 Å². The second-order valence-corrected chi connectivity index (χ2v) is 4.46. The minimum atomic E-state index is -0.368. The van der Waals surface area contributed by atoms with Crippen LogP contribution in [0.1, 0.15) is 5.69 Å². The average Bonchev–Trinajstić information content (AvgIpc) is 2.28. The molecule has 2 rings (SSSR count). The van der Waals surface area contributed by atoms with Gasteiger partial charge in [-0.3, -0.25) is 14.0 Å². The molecule has 0 aliphatic heterocycles. The van der Waals surface area contributed by atoms with E-state index in [-0.39, 0.29) is 17.2 Å². The SMILES string of the molecule is NC(=O)CSCc1cc(=O)n2ccccc2n1. The van der Waals surface area contributed by atoms with Crippen LogP contribution >= 0.6 is 11.8 Å². The molecule has 1 amide bonds. The highest BCUT2D eigenvalue weighted by molar-refractivity contribution is 7.99. The summed E-state index contributed by atoms with van der Waals surface area (Å²) in [6.07, 6.45) is 1.67. The van der Waals surface area contributed by atoms with Gasteiger partial charge in [-0.2, -0.15) is 0 Å². The number of amides is 1. The van der Waals surface area contributed by atoms with Crippen LogP contribution in [0.5, 0.6) is 0 Å². The van der Waals surface area contributed by atoms with Crippen molar-refractivity contribution in [1.82, 2.24) is 9.38 Å². The van der Waals surface area contributed by atoms with Crippen LogP contribution in [-0.2, 0) is 10.5 Å². The molecule has 0 atom stereocenters. The molecular weight excluding hydrogens is 238 g/mol. The van der Waals surface area contributed by atoms with Crippen LogP contribution in [-0.4, -0.2) is 21.0 Å². The maximum Gasteiger partial charge on any atom is 0.258 e. The van der Waals surface area contributed by atoms with Gasteiger partial charge in [0.05, 0.1) is 11.4 Å². The summed E-state index contributed by atoms with van der Waals surface area (Å²) < 4.78 is 1.47. The summed E-state index contributed by atoms with van der Waals surface area (Å²) in [5.74, 6) is 0.367. The summed E-state index contributed by atoms with van der Waals surface area (Å²) in [7, 11) is 0. The fourth-order valence-corrected chi connectivity index (χ4v) is 2.09. The van der Waals surface area contributed by atoms with Crippen LogP contribution in [0.15, 0.2) is 35.3 Å². The fourth-order valence-electron chi connectivity index (χ4n) is 1.43. The van der Waals surface area contributed by atoms with Crippen molar-refractivity contribution in [2.24, 2.45) is 5.73 Å². The third kappa shape index (κ3) is 2.85. The molecule has 5 nitrogen and oxygen atoms in total. The van der Waals surface area contributed by atoms with E-state index in [4.69, 9.17) is 5.73 Å². The Balaban J connectivity index is 2.25. The first-order valence-corrected chi connectivity index (χ1v) is 6.15. The third-order valence-corrected chi connectivity index (χ3v) is 3.11. The lowest BCUT2D eigenvalue weighted by Crippen LogP contribution is -2.16. The molecule has 88 valence electrons. The van der Waals surface area contributed by atoms with E-state index in [9.17, 15) is 9.59 Å². The first-order chi connectivity index (χ1) is 8.16. The molecule has 0 aromatic carbocycles. The standard InChI is InChI=1S/C11H11N3O2S/c12-9(15)7-17-6-8-5-11(16)14-4-2-1-3-10(14)13-8/h1-5H,6-7H2,(H2,12,15). The van der Waals surface area contributed by atoms with Crippen LogP contribution in [0, 0.1) is 0 Å². The fraction of sp³-hybridized carbons (Fsp3) is 0.182. The molecule has 2 N–H and O–H groups in total. The summed E-state index contributed by atoms with van der Waals surface area (Å²) in [4.78, 5) is 26.6. The predicted octanol–water partition coefficient (Wildman–Crippen LogP) is 0.413. The smallest absolute Gasteiger partial charge is 0.258 e. The molecular formula is C11H11N3O2S. The van der Waals surface area contributed by atoms with Gasteiger partial charge in [0, 0.05) is 18.0 Å². The van der Waals surface area contributed by atoms with Crippen LogP contribution in [0.3, 0.4) is 0 Å². The number of primary amides is 1. The zero-order valence-electron chi connectivity index (χ0n) is 9.00. The Morgan fingerprint density at radius 2 is 2.29 bits per heavy atom. The van der Waals surface area contributed by atoms with Crippen LogP contribution < -0.4 is 11.3 Å². The van der Waals surface area contributed by atoms with Gasteiger partial charge in [-0.25, -0.2) is 4.98 Å². The lowest BCUT2D eigenvalue weighted by Gasteiger charge is -2.02. The van der Waals surface area contributed by atoms with Gasteiger partial charge in [0.15, 0.2) is 0 Å². The molecule has 0 spiro atoms. The number of nitrogens with two attached hydrogens (primary N) is 1. The molecule has 0 bridgehead atoms. The first kappa shape index (κ1) is 11.7. The number of hydrogen-bond donors (Lipinski definition) is 1. The molecule has 0 aliphatic carbocycles. The lowest BCUT2D eigenvalue weighted by atomic mass is 10.4. The number of thioether (sulfide) groups is 1. The number of pyridine rings is 1. The van der Waals surface area contributed by atoms with E-state index in [0.717, 1.165) is 0 Å². The summed E-state index contributed by atoms with van der Waals surface area (Å²) in [5.41, 5.74) is 6.18. The maximum atomic E-state index is 11.7. The number of carbonyl (C=O) groups is 1. The van der Waals surface area contributed by atoms with Crippen molar-refractivity contribution in [2.45, 2.75) is 5.75 Å². The Hall–Kier alpha value is -1.82. The summed E-state index contributed by atoms with van der Waals surface area (Å²) >= 11 is 1.35. The second-order valence-electron chi connectivity index (χ2n) is 3.47. The molecule has 0 fully saturated rings. The summed E-state index contributed by atoms with van der Waals surface area (Å²) in [6, 6.07) is 6.84. The number of hydrogen-bond acceptors (Lipinski definition) is 4. The van der Waals surface area contributed by atoms with Gasteiger partial charge in [0.2, 0.25) is 5.91 Å². The quantitative estimate of drug-likeness (QED) is 0.851. The molecule has 6 heteroatoms. The van der Waals surface area contributed by atoms with Gasteiger partial charge < -0.3 is 5.73 Å². The molecule has 0 radical (unpaired) electrons. The molecule has 2 heterocycles. The van der Waals surface area contributed by atoms with Gasteiger partial charge in [-0.1, -0.05) is 6.07 Å². The minimum Gasteiger partial charge on any atom is -0.369 e. The van der Waals surface area contributed by atoms with Crippen LogP contribution in [0.4, 0.5) is 0 Å². The summed E-state index contributed by atoms with van der Waals surface area (Å²) in [6.45, 7) is 0. The monoisotopic (exact) mass is 249 g/mol. The maximum absolute atomic E-state index is 11.7. The zero-order valence-corrected chi connectivity index (χ0v) is 9.81. The number of carbonyl (C=O) groups excluding carboxylic acids is 1. The van der Waals surface area contributed by atoms with Crippen molar-refractivity contribution in [3.05, 3.63) is 46.5 Å². The average molecular weight is 249 g/mol. The van der Waals surface area contributed by atoms with Gasteiger partial charge in [0.1, 0.15) is 5.65 Å². The normalized spacial score (nSPS) is 10.6.